The lowest BCUT2D eigenvalue weighted by atomic mass is 9.98. The van der Waals surface area contributed by atoms with Crippen molar-refractivity contribution in [3.05, 3.63) is 27.7 Å². The van der Waals surface area contributed by atoms with Crippen molar-refractivity contribution in [1.29, 1.82) is 0 Å². The van der Waals surface area contributed by atoms with Crippen molar-refractivity contribution in [2.45, 2.75) is 39.2 Å². The molecule has 0 bridgehead atoms. The van der Waals surface area contributed by atoms with Crippen LogP contribution in [-0.2, 0) is 0 Å². The van der Waals surface area contributed by atoms with E-state index in [2.05, 4.69) is 12.2 Å². The molecule has 100 valence electrons. The van der Waals surface area contributed by atoms with E-state index in [1.165, 1.54) is 12.1 Å². The quantitative estimate of drug-likeness (QED) is 0.826. The van der Waals surface area contributed by atoms with Gasteiger partial charge in [-0.3, -0.25) is 4.79 Å². The molecule has 0 aromatic heterocycles. The van der Waals surface area contributed by atoms with Crippen molar-refractivity contribution < 1.29 is 4.79 Å². The average molecular weight is 289 g/mol. The highest BCUT2D eigenvalue weighted by Gasteiger charge is 2.22. The Kier molecular flexibility index (Phi) is 4.88. The third kappa shape index (κ3) is 3.79. The topological polar surface area (TPSA) is 55.1 Å². The lowest BCUT2D eigenvalue weighted by Crippen LogP contribution is -2.43. The summed E-state index contributed by atoms with van der Waals surface area (Å²) >= 11 is 11.9. The SMILES string of the molecule is CCCC(C)(C)NC(=O)c1cc(N)cc(Cl)c1Cl. The Balaban J connectivity index is 2.98. The molecule has 1 amide bonds. The highest BCUT2D eigenvalue weighted by Crippen LogP contribution is 2.29. The van der Waals surface area contributed by atoms with Gasteiger partial charge in [0.05, 0.1) is 15.6 Å². The number of rotatable bonds is 4. The van der Waals surface area contributed by atoms with Gasteiger partial charge in [-0.25, -0.2) is 0 Å². The molecule has 3 nitrogen and oxygen atoms in total. The minimum atomic E-state index is -0.285. The summed E-state index contributed by atoms with van der Waals surface area (Å²) in [5, 5.41) is 3.45. The third-order valence-corrected chi connectivity index (χ3v) is 3.42. The van der Waals surface area contributed by atoms with Gasteiger partial charge in [0.15, 0.2) is 0 Å². The Morgan fingerprint density at radius 2 is 2.00 bits per heavy atom. The van der Waals surface area contributed by atoms with Crippen LogP contribution in [0, 0.1) is 0 Å². The van der Waals surface area contributed by atoms with Crippen LogP contribution in [-0.4, -0.2) is 11.4 Å². The minimum Gasteiger partial charge on any atom is -0.399 e. The zero-order valence-corrected chi connectivity index (χ0v) is 12.3. The number of benzene rings is 1. The molecule has 0 radical (unpaired) electrons. The Morgan fingerprint density at radius 1 is 1.39 bits per heavy atom. The molecule has 1 aromatic rings. The number of hydrogen-bond acceptors (Lipinski definition) is 2. The summed E-state index contributed by atoms with van der Waals surface area (Å²) < 4.78 is 0. The molecule has 3 N–H and O–H groups in total. The normalized spacial score (nSPS) is 11.4. The number of nitrogen functional groups attached to an aromatic ring is 1. The van der Waals surface area contributed by atoms with Crippen LogP contribution in [0.4, 0.5) is 5.69 Å². The molecule has 0 unspecified atom stereocenters. The molecule has 18 heavy (non-hydrogen) atoms. The van der Waals surface area contributed by atoms with Gasteiger partial charge >= 0.3 is 0 Å². The van der Waals surface area contributed by atoms with Gasteiger partial charge in [-0.2, -0.15) is 0 Å². The van der Waals surface area contributed by atoms with E-state index in [4.69, 9.17) is 28.9 Å². The van der Waals surface area contributed by atoms with E-state index in [0.717, 1.165) is 12.8 Å². The molecule has 0 aliphatic heterocycles. The van der Waals surface area contributed by atoms with Gasteiger partial charge in [-0.05, 0) is 32.4 Å². The van der Waals surface area contributed by atoms with E-state index >= 15 is 0 Å². The lowest BCUT2D eigenvalue weighted by molar-refractivity contribution is 0.0909. The van der Waals surface area contributed by atoms with E-state index in [1.807, 2.05) is 13.8 Å². The molecular formula is C13H18Cl2N2O. The summed E-state index contributed by atoms with van der Waals surface area (Å²) in [6, 6.07) is 3.06. The number of carbonyl (C=O) groups is 1. The van der Waals surface area contributed by atoms with Crippen molar-refractivity contribution in [1.82, 2.24) is 5.32 Å². The van der Waals surface area contributed by atoms with Crippen LogP contribution in [0.25, 0.3) is 0 Å². The Labute approximate surface area is 118 Å². The van der Waals surface area contributed by atoms with Crippen molar-refractivity contribution in [3.8, 4) is 0 Å². The first-order valence-electron chi connectivity index (χ1n) is 5.84. The Morgan fingerprint density at radius 3 is 2.56 bits per heavy atom. The second-order valence-corrected chi connectivity index (χ2v) is 5.74. The molecule has 0 heterocycles. The van der Waals surface area contributed by atoms with Crippen LogP contribution < -0.4 is 11.1 Å². The number of nitrogens with one attached hydrogen (secondary N) is 1. The molecule has 1 aromatic carbocycles. The van der Waals surface area contributed by atoms with Crippen LogP contribution in [0.15, 0.2) is 12.1 Å². The minimum absolute atomic E-state index is 0.232. The number of halogens is 2. The Hall–Kier alpha value is -0.930. The molecule has 0 aliphatic rings. The van der Waals surface area contributed by atoms with Gasteiger partial charge in [0.2, 0.25) is 0 Å². The molecule has 0 atom stereocenters. The van der Waals surface area contributed by atoms with Gasteiger partial charge in [-0.1, -0.05) is 36.5 Å². The van der Waals surface area contributed by atoms with E-state index in [9.17, 15) is 4.79 Å². The fourth-order valence-corrected chi connectivity index (χ4v) is 2.26. The zero-order valence-electron chi connectivity index (χ0n) is 10.8. The molecule has 0 saturated heterocycles. The Bertz CT molecular complexity index is 459. The number of anilines is 1. The molecule has 5 heteroatoms. The maximum atomic E-state index is 12.2. The number of carbonyl (C=O) groups excluding carboxylic acids is 1. The van der Waals surface area contributed by atoms with Crippen LogP contribution in [0.2, 0.25) is 10.0 Å². The monoisotopic (exact) mass is 288 g/mol. The molecule has 0 saturated carbocycles. The van der Waals surface area contributed by atoms with Crippen molar-refractivity contribution in [2.75, 3.05) is 5.73 Å². The molecule has 0 aliphatic carbocycles. The van der Waals surface area contributed by atoms with Crippen molar-refractivity contribution in [3.63, 3.8) is 0 Å². The summed E-state index contributed by atoms with van der Waals surface area (Å²) in [7, 11) is 0. The standard InChI is InChI=1S/C13H18Cl2N2O/c1-4-5-13(2,3)17-12(18)9-6-8(16)7-10(14)11(9)15/h6-7H,4-5,16H2,1-3H3,(H,17,18). The number of amides is 1. The highest BCUT2D eigenvalue weighted by atomic mass is 35.5. The maximum absolute atomic E-state index is 12.2. The molecular weight excluding hydrogens is 271 g/mol. The summed E-state index contributed by atoms with van der Waals surface area (Å²) in [5.74, 6) is -0.257. The predicted molar refractivity (Wildman–Crippen MR) is 77.3 cm³/mol. The molecule has 1 rings (SSSR count). The zero-order chi connectivity index (χ0) is 13.9. The van der Waals surface area contributed by atoms with E-state index < -0.39 is 0 Å². The molecule has 0 fully saturated rings. The molecule has 0 spiro atoms. The summed E-state index contributed by atoms with van der Waals surface area (Å²) in [5.41, 5.74) is 6.11. The first-order valence-corrected chi connectivity index (χ1v) is 6.59. The highest BCUT2D eigenvalue weighted by molar-refractivity contribution is 6.44. The van der Waals surface area contributed by atoms with Gasteiger partial charge in [-0.15, -0.1) is 0 Å². The van der Waals surface area contributed by atoms with Gasteiger partial charge < -0.3 is 11.1 Å². The number of hydrogen-bond donors (Lipinski definition) is 2. The lowest BCUT2D eigenvalue weighted by Gasteiger charge is -2.26. The fraction of sp³-hybridized carbons (Fsp3) is 0.462. The fourth-order valence-electron chi connectivity index (χ4n) is 1.84. The van der Waals surface area contributed by atoms with Crippen molar-refractivity contribution in [2.24, 2.45) is 0 Å². The van der Waals surface area contributed by atoms with Gasteiger partial charge in [0.25, 0.3) is 5.91 Å². The second kappa shape index (κ2) is 5.81. The van der Waals surface area contributed by atoms with E-state index in [-0.39, 0.29) is 21.5 Å². The summed E-state index contributed by atoms with van der Waals surface area (Å²) in [6.07, 6.45) is 1.87. The third-order valence-electron chi connectivity index (χ3n) is 2.62. The van der Waals surface area contributed by atoms with E-state index in [1.54, 1.807) is 0 Å². The number of nitrogens with two attached hydrogens (primary N) is 1. The summed E-state index contributed by atoms with van der Waals surface area (Å²) in [4.78, 5) is 12.2. The summed E-state index contributed by atoms with van der Waals surface area (Å²) in [6.45, 7) is 6.00. The van der Waals surface area contributed by atoms with Gasteiger partial charge in [0.1, 0.15) is 0 Å². The average Bonchev–Trinajstić information content (AvgIpc) is 2.22. The van der Waals surface area contributed by atoms with Crippen LogP contribution in [0.1, 0.15) is 44.0 Å². The van der Waals surface area contributed by atoms with Gasteiger partial charge in [0, 0.05) is 11.2 Å². The predicted octanol–water partition coefficient (Wildman–Crippen LogP) is 3.88. The van der Waals surface area contributed by atoms with E-state index in [0.29, 0.717) is 11.3 Å². The van der Waals surface area contributed by atoms with Crippen LogP contribution in [0.3, 0.4) is 0 Å². The van der Waals surface area contributed by atoms with Crippen molar-refractivity contribution >= 4 is 34.8 Å². The largest absolute Gasteiger partial charge is 0.399 e. The van der Waals surface area contributed by atoms with Crippen LogP contribution in [0.5, 0.6) is 0 Å². The van der Waals surface area contributed by atoms with Crippen LogP contribution >= 0.6 is 23.2 Å². The maximum Gasteiger partial charge on any atom is 0.253 e. The second-order valence-electron chi connectivity index (χ2n) is 4.95. The smallest absolute Gasteiger partial charge is 0.253 e. The first-order chi connectivity index (χ1) is 8.26. The first kappa shape index (κ1) is 15.1.